The maximum Gasteiger partial charge on any atom is 0.0122 e. The Morgan fingerprint density at radius 3 is 2.80 bits per heavy atom. The molecule has 4 unspecified atom stereocenters. The minimum Gasteiger partial charge on any atom is -0.311 e. The molecule has 4 atom stereocenters. The molecule has 1 aliphatic heterocycles. The van der Waals surface area contributed by atoms with Crippen LogP contribution in [-0.4, -0.2) is 36.6 Å². The molecule has 1 fully saturated rings. The fraction of sp³-hybridized carbons (Fsp3) is 0.846. The van der Waals surface area contributed by atoms with Gasteiger partial charge in [-0.1, -0.05) is 13.0 Å². The van der Waals surface area contributed by atoms with Gasteiger partial charge in [-0.15, -0.1) is 6.58 Å². The molecule has 88 valence electrons. The van der Waals surface area contributed by atoms with E-state index >= 15 is 0 Å². The van der Waals surface area contributed by atoms with E-state index in [0.717, 1.165) is 12.3 Å². The van der Waals surface area contributed by atoms with Gasteiger partial charge in [-0.25, -0.2) is 0 Å². The monoisotopic (exact) mass is 210 g/mol. The summed E-state index contributed by atoms with van der Waals surface area (Å²) in [5.41, 5.74) is 0. The highest BCUT2D eigenvalue weighted by atomic mass is 15.2. The molecule has 0 amide bonds. The lowest BCUT2D eigenvalue weighted by molar-refractivity contribution is 0.117. The van der Waals surface area contributed by atoms with Crippen molar-refractivity contribution in [1.82, 2.24) is 10.2 Å². The summed E-state index contributed by atoms with van der Waals surface area (Å²) < 4.78 is 0. The van der Waals surface area contributed by atoms with Crippen molar-refractivity contribution in [1.29, 1.82) is 0 Å². The van der Waals surface area contributed by atoms with E-state index < -0.39 is 0 Å². The topological polar surface area (TPSA) is 15.3 Å². The molecule has 2 heteroatoms. The fourth-order valence-electron chi connectivity index (χ4n) is 2.46. The highest BCUT2D eigenvalue weighted by Gasteiger charge is 2.29. The van der Waals surface area contributed by atoms with Crippen LogP contribution < -0.4 is 5.32 Å². The number of likely N-dealkylation sites (tertiary alicyclic amines) is 1. The predicted molar refractivity (Wildman–Crippen MR) is 67.1 cm³/mol. The molecule has 2 nitrogen and oxygen atoms in total. The van der Waals surface area contributed by atoms with Gasteiger partial charge in [0.15, 0.2) is 0 Å². The maximum absolute atomic E-state index is 3.79. The Morgan fingerprint density at radius 1 is 1.53 bits per heavy atom. The number of nitrogens with zero attached hydrogens (tertiary/aromatic N) is 1. The lowest BCUT2D eigenvalue weighted by Gasteiger charge is -2.41. The van der Waals surface area contributed by atoms with E-state index in [1.54, 1.807) is 0 Å². The van der Waals surface area contributed by atoms with Crippen LogP contribution in [0.2, 0.25) is 0 Å². The Balaban J connectivity index is 2.43. The summed E-state index contributed by atoms with van der Waals surface area (Å²) in [6.45, 7) is 11.9. The molecule has 1 aliphatic rings. The first-order valence-electron chi connectivity index (χ1n) is 6.11. The zero-order chi connectivity index (χ0) is 11.4. The first-order valence-corrected chi connectivity index (χ1v) is 6.11. The van der Waals surface area contributed by atoms with Crippen molar-refractivity contribution in [2.24, 2.45) is 5.92 Å². The molecule has 0 radical (unpaired) electrons. The summed E-state index contributed by atoms with van der Waals surface area (Å²) in [6, 6.07) is 1.94. The second-order valence-electron chi connectivity index (χ2n) is 5.20. The molecule has 1 N–H and O–H groups in total. The molecule has 1 rings (SSSR count). The Kier molecular flexibility index (Phi) is 4.81. The van der Waals surface area contributed by atoms with Gasteiger partial charge in [0, 0.05) is 24.7 Å². The van der Waals surface area contributed by atoms with Crippen LogP contribution >= 0.6 is 0 Å². The van der Waals surface area contributed by atoms with Crippen molar-refractivity contribution in [3.05, 3.63) is 12.7 Å². The van der Waals surface area contributed by atoms with E-state index in [1.165, 1.54) is 13.0 Å². The average Bonchev–Trinajstić information content (AvgIpc) is 2.14. The average molecular weight is 210 g/mol. The summed E-state index contributed by atoms with van der Waals surface area (Å²) in [5.74, 6) is 0.749. The third kappa shape index (κ3) is 3.62. The van der Waals surface area contributed by atoms with Crippen LogP contribution in [0, 0.1) is 5.92 Å². The van der Waals surface area contributed by atoms with Gasteiger partial charge in [0.2, 0.25) is 0 Å². The van der Waals surface area contributed by atoms with Crippen molar-refractivity contribution in [3.8, 4) is 0 Å². The molecule has 0 bridgehead atoms. The molecule has 0 aliphatic carbocycles. The van der Waals surface area contributed by atoms with Crippen LogP contribution in [0.15, 0.2) is 12.7 Å². The summed E-state index contributed by atoms with van der Waals surface area (Å²) >= 11 is 0. The van der Waals surface area contributed by atoms with Crippen molar-refractivity contribution < 1.29 is 0 Å². The van der Waals surface area contributed by atoms with Gasteiger partial charge >= 0.3 is 0 Å². The van der Waals surface area contributed by atoms with Gasteiger partial charge in [-0.05, 0) is 39.7 Å². The number of hydrogen-bond donors (Lipinski definition) is 1. The Bertz CT molecular complexity index is 203. The van der Waals surface area contributed by atoms with E-state index in [0.29, 0.717) is 18.1 Å². The van der Waals surface area contributed by atoms with Crippen LogP contribution in [0.1, 0.15) is 33.6 Å². The van der Waals surface area contributed by atoms with Crippen LogP contribution in [-0.2, 0) is 0 Å². The molecule has 15 heavy (non-hydrogen) atoms. The summed E-state index contributed by atoms with van der Waals surface area (Å²) in [7, 11) is 2.23. The van der Waals surface area contributed by atoms with E-state index in [1.807, 2.05) is 6.08 Å². The zero-order valence-corrected chi connectivity index (χ0v) is 10.7. The van der Waals surface area contributed by atoms with Gasteiger partial charge in [0.05, 0.1) is 0 Å². The van der Waals surface area contributed by atoms with Crippen LogP contribution in [0.4, 0.5) is 0 Å². The van der Waals surface area contributed by atoms with Crippen molar-refractivity contribution in [3.63, 3.8) is 0 Å². The molecule has 0 aromatic heterocycles. The Hall–Kier alpha value is -0.340. The summed E-state index contributed by atoms with van der Waals surface area (Å²) in [5, 5.41) is 3.72. The van der Waals surface area contributed by atoms with Gasteiger partial charge in [0.1, 0.15) is 0 Å². The second-order valence-corrected chi connectivity index (χ2v) is 5.20. The molecule has 0 spiro atoms. The van der Waals surface area contributed by atoms with E-state index in [-0.39, 0.29) is 0 Å². The van der Waals surface area contributed by atoms with E-state index in [2.05, 4.69) is 44.6 Å². The zero-order valence-electron chi connectivity index (χ0n) is 10.7. The fourth-order valence-corrected chi connectivity index (χ4v) is 2.46. The number of rotatable bonds is 4. The lowest BCUT2D eigenvalue weighted by atomic mass is 9.89. The molecule has 1 saturated heterocycles. The maximum atomic E-state index is 3.79. The molecule has 1 heterocycles. The molecular formula is C13H26N2. The normalized spacial score (nSPS) is 35.1. The highest BCUT2D eigenvalue weighted by molar-refractivity contribution is 4.88. The molecular weight excluding hydrogens is 184 g/mol. The minimum atomic E-state index is 0.561. The largest absolute Gasteiger partial charge is 0.311 e. The Labute approximate surface area is 94.7 Å². The first-order chi connectivity index (χ1) is 7.04. The predicted octanol–water partition coefficient (Wildman–Crippen LogP) is 2.27. The van der Waals surface area contributed by atoms with Crippen molar-refractivity contribution in [2.75, 3.05) is 13.6 Å². The molecule has 0 saturated carbocycles. The molecule has 0 aromatic rings. The van der Waals surface area contributed by atoms with E-state index in [4.69, 9.17) is 0 Å². The highest BCUT2D eigenvalue weighted by Crippen LogP contribution is 2.21. The smallest absolute Gasteiger partial charge is 0.0122 e. The third-order valence-corrected chi connectivity index (χ3v) is 3.63. The number of nitrogens with one attached hydrogen (secondary N) is 1. The summed E-state index contributed by atoms with van der Waals surface area (Å²) in [4.78, 5) is 2.46. The van der Waals surface area contributed by atoms with Gasteiger partial charge in [0.25, 0.3) is 0 Å². The van der Waals surface area contributed by atoms with Crippen LogP contribution in [0.25, 0.3) is 0 Å². The van der Waals surface area contributed by atoms with E-state index in [9.17, 15) is 0 Å². The van der Waals surface area contributed by atoms with Crippen molar-refractivity contribution in [2.45, 2.75) is 51.7 Å². The molecule has 0 aromatic carbocycles. The number of piperidine rings is 1. The van der Waals surface area contributed by atoms with Gasteiger partial charge in [-0.2, -0.15) is 0 Å². The Morgan fingerprint density at radius 2 is 2.20 bits per heavy atom. The van der Waals surface area contributed by atoms with Crippen LogP contribution in [0.5, 0.6) is 0 Å². The first kappa shape index (κ1) is 12.7. The van der Waals surface area contributed by atoms with Crippen molar-refractivity contribution >= 4 is 0 Å². The van der Waals surface area contributed by atoms with Gasteiger partial charge < -0.3 is 10.2 Å². The quantitative estimate of drug-likeness (QED) is 0.716. The second kappa shape index (κ2) is 5.66. The number of hydrogen-bond acceptors (Lipinski definition) is 2. The van der Waals surface area contributed by atoms with Gasteiger partial charge in [-0.3, -0.25) is 0 Å². The lowest BCUT2D eigenvalue weighted by Crippen LogP contribution is -2.52. The SMILES string of the molecule is C=CCC(C)NC1CC(C)N(C)CC1C. The third-order valence-electron chi connectivity index (χ3n) is 3.63. The minimum absolute atomic E-state index is 0.561. The summed E-state index contributed by atoms with van der Waals surface area (Å²) in [6.07, 6.45) is 4.33. The van der Waals surface area contributed by atoms with Crippen LogP contribution in [0.3, 0.4) is 0 Å². The standard InChI is InChI=1S/C13H26N2/c1-6-7-11(3)14-13-8-12(4)15(5)9-10(13)2/h6,10-14H,1,7-9H2,2-5H3.